The summed E-state index contributed by atoms with van der Waals surface area (Å²) in [5, 5.41) is 11.3. The Labute approximate surface area is 95.6 Å². The highest BCUT2D eigenvalue weighted by molar-refractivity contribution is 5.79. The van der Waals surface area contributed by atoms with E-state index in [2.05, 4.69) is 15.0 Å². The van der Waals surface area contributed by atoms with E-state index in [1.165, 1.54) is 5.56 Å². The lowest BCUT2D eigenvalue weighted by Crippen LogP contribution is -2.21. The second kappa shape index (κ2) is 6.79. The summed E-state index contributed by atoms with van der Waals surface area (Å²) in [6.07, 6.45) is 5.13. The number of aromatic nitrogens is 1. The van der Waals surface area contributed by atoms with Crippen LogP contribution in [0.2, 0.25) is 0 Å². The van der Waals surface area contributed by atoms with Gasteiger partial charge in [-0.05, 0) is 31.6 Å². The zero-order valence-corrected chi connectivity index (χ0v) is 9.50. The summed E-state index contributed by atoms with van der Waals surface area (Å²) in [7, 11) is 2.04. The van der Waals surface area contributed by atoms with E-state index in [1.54, 1.807) is 6.20 Å². The zero-order valence-electron chi connectivity index (χ0n) is 9.50. The van der Waals surface area contributed by atoms with Crippen LogP contribution in [0.25, 0.3) is 0 Å². The molecule has 3 N–H and O–H groups in total. The Morgan fingerprint density at radius 2 is 2.44 bits per heavy atom. The van der Waals surface area contributed by atoms with Gasteiger partial charge in [0.05, 0.1) is 0 Å². The minimum Gasteiger partial charge on any atom is -0.409 e. The standard InChI is InChI=1S/C11H18N4O/c1-15(7-3-5-11(12)14-16)9-10-4-2-6-13-8-10/h2,4,6,8,16H,3,5,7,9H2,1H3,(H2,12,14). The van der Waals surface area contributed by atoms with Crippen molar-refractivity contribution >= 4 is 5.84 Å². The van der Waals surface area contributed by atoms with Crippen molar-refractivity contribution in [3.05, 3.63) is 30.1 Å². The van der Waals surface area contributed by atoms with Crippen molar-refractivity contribution in [1.82, 2.24) is 9.88 Å². The molecule has 0 saturated carbocycles. The number of amidine groups is 1. The first-order chi connectivity index (χ1) is 7.72. The highest BCUT2D eigenvalue weighted by atomic mass is 16.4. The number of nitrogens with zero attached hydrogens (tertiary/aromatic N) is 3. The van der Waals surface area contributed by atoms with E-state index < -0.39 is 0 Å². The number of pyridine rings is 1. The molecule has 1 heterocycles. The fraction of sp³-hybridized carbons (Fsp3) is 0.455. The van der Waals surface area contributed by atoms with Crippen LogP contribution in [0.4, 0.5) is 0 Å². The Morgan fingerprint density at radius 1 is 1.62 bits per heavy atom. The molecule has 1 aromatic rings. The van der Waals surface area contributed by atoms with Gasteiger partial charge in [-0.2, -0.15) is 0 Å². The molecule has 0 aliphatic carbocycles. The molecule has 0 spiro atoms. The molecular weight excluding hydrogens is 204 g/mol. The van der Waals surface area contributed by atoms with Gasteiger partial charge in [-0.15, -0.1) is 0 Å². The van der Waals surface area contributed by atoms with Crippen LogP contribution in [0.15, 0.2) is 29.7 Å². The predicted molar refractivity (Wildman–Crippen MR) is 63.2 cm³/mol. The Kier molecular flexibility index (Phi) is 5.28. The molecule has 0 aromatic carbocycles. The quantitative estimate of drug-likeness (QED) is 0.326. The molecule has 0 aliphatic heterocycles. The van der Waals surface area contributed by atoms with Gasteiger partial charge in [0.25, 0.3) is 0 Å². The van der Waals surface area contributed by atoms with Crippen molar-refractivity contribution in [3.63, 3.8) is 0 Å². The molecule has 0 fully saturated rings. The summed E-state index contributed by atoms with van der Waals surface area (Å²) in [5.41, 5.74) is 6.57. The van der Waals surface area contributed by atoms with Gasteiger partial charge >= 0.3 is 0 Å². The van der Waals surface area contributed by atoms with Gasteiger partial charge in [-0.25, -0.2) is 0 Å². The number of oxime groups is 1. The molecule has 0 aliphatic rings. The van der Waals surface area contributed by atoms with Crippen molar-refractivity contribution in [2.75, 3.05) is 13.6 Å². The Hall–Kier alpha value is -1.62. The summed E-state index contributed by atoms with van der Waals surface area (Å²) in [6, 6.07) is 3.98. The molecule has 0 atom stereocenters. The van der Waals surface area contributed by atoms with E-state index in [1.807, 2.05) is 25.4 Å². The van der Waals surface area contributed by atoms with Crippen LogP contribution < -0.4 is 5.73 Å². The second-order valence-electron chi connectivity index (χ2n) is 3.79. The molecule has 1 aromatic heterocycles. The third-order valence-electron chi connectivity index (χ3n) is 2.28. The predicted octanol–water partition coefficient (Wildman–Crippen LogP) is 1.04. The number of hydrogen-bond acceptors (Lipinski definition) is 4. The molecule has 0 unspecified atom stereocenters. The second-order valence-corrected chi connectivity index (χ2v) is 3.79. The van der Waals surface area contributed by atoms with Crippen molar-refractivity contribution in [2.24, 2.45) is 10.9 Å². The first-order valence-corrected chi connectivity index (χ1v) is 5.26. The summed E-state index contributed by atoms with van der Waals surface area (Å²) in [5.74, 6) is 0.287. The maximum Gasteiger partial charge on any atom is 0.139 e. The minimum absolute atomic E-state index is 0.287. The Balaban J connectivity index is 2.24. The van der Waals surface area contributed by atoms with Gasteiger partial charge in [0.2, 0.25) is 0 Å². The Bertz CT molecular complexity index is 326. The van der Waals surface area contributed by atoms with Gasteiger partial charge in [-0.3, -0.25) is 4.98 Å². The average Bonchev–Trinajstić information content (AvgIpc) is 2.30. The van der Waals surface area contributed by atoms with Crippen molar-refractivity contribution in [3.8, 4) is 0 Å². The fourth-order valence-electron chi connectivity index (χ4n) is 1.46. The molecule has 0 amide bonds. The van der Waals surface area contributed by atoms with Gasteiger partial charge in [-0.1, -0.05) is 11.2 Å². The van der Waals surface area contributed by atoms with Crippen molar-refractivity contribution < 1.29 is 5.21 Å². The smallest absolute Gasteiger partial charge is 0.139 e. The van der Waals surface area contributed by atoms with Gasteiger partial charge < -0.3 is 15.8 Å². The lowest BCUT2D eigenvalue weighted by molar-refractivity contribution is 0.311. The average molecular weight is 222 g/mol. The molecule has 5 nitrogen and oxygen atoms in total. The van der Waals surface area contributed by atoms with Crippen molar-refractivity contribution in [1.29, 1.82) is 0 Å². The lowest BCUT2D eigenvalue weighted by Gasteiger charge is -2.15. The molecule has 1 rings (SSSR count). The van der Waals surface area contributed by atoms with E-state index in [-0.39, 0.29) is 5.84 Å². The van der Waals surface area contributed by atoms with Crippen LogP contribution >= 0.6 is 0 Å². The SMILES string of the molecule is CN(CCC/C(N)=N/O)Cc1cccnc1. The van der Waals surface area contributed by atoms with Crippen LogP contribution in [0.5, 0.6) is 0 Å². The highest BCUT2D eigenvalue weighted by Crippen LogP contribution is 2.02. The van der Waals surface area contributed by atoms with Crippen LogP contribution in [0.3, 0.4) is 0 Å². The Morgan fingerprint density at radius 3 is 3.06 bits per heavy atom. The largest absolute Gasteiger partial charge is 0.409 e. The van der Waals surface area contributed by atoms with E-state index in [0.717, 1.165) is 19.5 Å². The first kappa shape index (κ1) is 12.4. The summed E-state index contributed by atoms with van der Waals surface area (Å²) >= 11 is 0. The van der Waals surface area contributed by atoms with Gasteiger partial charge in [0, 0.05) is 25.4 Å². The van der Waals surface area contributed by atoms with E-state index in [9.17, 15) is 0 Å². The first-order valence-electron chi connectivity index (χ1n) is 5.26. The number of hydrogen-bond donors (Lipinski definition) is 2. The molecule has 88 valence electrons. The summed E-state index contributed by atoms with van der Waals surface area (Å²) < 4.78 is 0. The molecule has 0 bridgehead atoms. The van der Waals surface area contributed by atoms with Crippen LogP contribution in [0.1, 0.15) is 18.4 Å². The van der Waals surface area contributed by atoms with Crippen LogP contribution in [-0.4, -0.2) is 34.5 Å². The van der Waals surface area contributed by atoms with E-state index in [4.69, 9.17) is 10.9 Å². The van der Waals surface area contributed by atoms with E-state index >= 15 is 0 Å². The summed E-state index contributed by atoms with van der Waals surface area (Å²) in [6.45, 7) is 1.77. The van der Waals surface area contributed by atoms with Crippen molar-refractivity contribution in [2.45, 2.75) is 19.4 Å². The van der Waals surface area contributed by atoms with Crippen LogP contribution in [0, 0.1) is 0 Å². The monoisotopic (exact) mass is 222 g/mol. The number of rotatable bonds is 6. The van der Waals surface area contributed by atoms with E-state index in [0.29, 0.717) is 6.42 Å². The molecule has 5 heteroatoms. The molecule has 0 saturated heterocycles. The molecular formula is C11H18N4O. The fourth-order valence-corrected chi connectivity index (χ4v) is 1.46. The maximum absolute atomic E-state index is 8.38. The normalized spacial score (nSPS) is 12.0. The third-order valence-corrected chi connectivity index (χ3v) is 2.28. The van der Waals surface area contributed by atoms with Gasteiger partial charge in [0.15, 0.2) is 0 Å². The maximum atomic E-state index is 8.38. The number of nitrogens with two attached hydrogens (primary N) is 1. The van der Waals surface area contributed by atoms with Crippen LogP contribution in [-0.2, 0) is 6.54 Å². The zero-order chi connectivity index (χ0) is 11.8. The molecule has 16 heavy (non-hydrogen) atoms. The lowest BCUT2D eigenvalue weighted by atomic mass is 10.2. The molecule has 0 radical (unpaired) electrons. The minimum atomic E-state index is 0.287. The highest BCUT2D eigenvalue weighted by Gasteiger charge is 2.01. The summed E-state index contributed by atoms with van der Waals surface area (Å²) in [4.78, 5) is 6.24. The third kappa shape index (κ3) is 4.75. The van der Waals surface area contributed by atoms with Gasteiger partial charge in [0.1, 0.15) is 5.84 Å². The topological polar surface area (TPSA) is 74.7 Å².